The van der Waals surface area contributed by atoms with Gasteiger partial charge in [-0.25, -0.2) is 5.43 Å². The van der Waals surface area contributed by atoms with Gasteiger partial charge in [0.25, 0.3) is 11.8 Å². The van der Waals surface area contributed by atoms with Gasteiger partial charge in [0.15, 0.2) is 29.6 Å². The molecule has 0 fully saturated rings. The molecule has 0 aliphatic heterocycles. The molecule has 0 aliphatic carbocycles. The van der Waals surface area contributed by atoms with Gasteiger partial charge in [0.1, 0.15) is 6.61 Å². The van der Waals surface area contributed by atoms with Crippen LogP contribution in [0.25, 0.3) is 0 Å². The van der Waals surface area contributed by atoms with Gasteiger partial charge in [-0.2, -0.15) is 5.10 Å². The zero-order valence-electron chi connectivity index (χ0n) is 20.0. The Balaban J connectivity index is 1.57. The second kappa shape index (κ2) is 13.2. The van der Waals surface area contributed by atoms with Gasteiger partial charge in [-0.3, -0.25) is 9.59 Å². The lowest BCUT2D eigenvalue weighted by Gasteiger charge is -2.11. The fourth-order valence-corrected chi connectivity index (χ4v) is 3.05. The number of ether oxygens (including phenoxy) is 4. The number of nitrogens with zero attached hydrogens (tertiary/aromatic N) is 1. The number of rotatable bonds is 12. The molecule has 36 heavy (non-hydrogen) atoms. The van der Waals surface area contributed by atoms with Crippen molar-refractivity contribution in [3.8, 4) is 23.0 Å². The van der Waals surface area contributed by atoms with Crippen molar-refractivity contribution < 1.29 is 28.5 Å². The Labute approximate surface area is 209 Å². The van der Waals surface area contributed by atoms with Crippen LogP contribution in [0.5, 0.6) is 23.0 Å². The van der Waals surface area contributed by atoms with Gasteiger partial charge in [-0.1, -0.05) is 30.9 Å². The van der Waals surface area contributed by atoms with Crippen molar-refractivity contribution in [1.82, 2.24) is 5.43 Å². The van der Waals surface area contributed by atoms with Gasteiger partial charge in [-0.15, -0.1) is 0 Å². The van der Waals surface area contributed by atoms with E-state index in [0.717, 1.165) is 0 Å². The fourth-order valence-electron chi connectivity index (χ4n) is 3.05. The van der Waals surface area contributed by atoms with E-state index in [0.29, 0.717) is 46.4 Å². The van der Waals surface area contributed by atoms with Crippen LogP contribution in [-0.2, 0) is 4.79 Å². The number of amides is 2. The Morgan fingerprint density at radius 1 is 0.889 bits per heavy atom. The lowest BCUT2D eigenvalue weighted by atomic mass is 10.2. The zero-order valence-corrected chi connectivity index (χ0v) is 20.0. The zero-order chi connectivity index (χ0) is 25.8. The van der Waals surface area contributed by atoms with Gasteiger partial charge in [-0.05, 0) is 54.1 Å². The maximum atomic E-state index is 12.5. The molecule has 0 unspecified atom stereocenters. The predicted octanol–water partition coefficient (Wildman–Crippen LogP) is 4.05. The van der Waals surface area contributed by atoms with Crippen molar-refractivity contribution in [2.75, 3.05) is 32.8 Å². The summed E-state index contributed by atoms with van der Waals surface area (Å²) >= 11 is 0. The van der Waals surface area contributed by atoms with E-state index >= 15 is 0 Å². The predicted molar refractivity (Wildman–Crippen MR) is 137 cm³/mol. The summed E-state index contributed by atoms with van der Waals surface area (Å²) in [5.41, 5.74) is 4.16. The van der Waals surface area contributed by atoms with Gasteiger partial charge in [0.05, 0.1) is 20.4 Å². The van der Waals surface area contributed by atoms with Gasteiger partial charge >= 0.3 is 0 Å². The number of hydrogen-bond acceptors (Lipinski definition) is 7. The standard InChI is InChI=1S/C27H27N3O6/c1-4-14-35-22-13-11-20(16-25(22)34-3)27(32)30-28-17-19-10-12-23(24(15-19)33-2)36-18-26(31)29-21-8-6-5-7-9-21/h4-13,15-17H,1,14,18H2,2-3H3,(H,29,31)(H,30,32)/b28-17+. The van der Waals surface area contributed by atoms with E-state index in [1.54, 1.807) is 54.6 Å². The van der Waals surface area contributed by atoms with Crippen LogP contribution in [0.3, 0.4) is 0 Å². The molecule has 0 bridgehead atoms. The molecule has 0 spiro atoms. The third-order valence-electron chi connectivity index (χ3n) is 4.77. The fraction of sp³-hybridized carbons (Fsp3) is 0.148. The van der Waals surface area contributed by atoms with Crippen LogP contribution >= 0.6 is 0 Å². The summed E-state index contributed by atoms with van der Waals surface area (Å²) in [4.78, 5) is 24.6. The van der Waals surface area contributed by atoms with Crippen LogP contribution in [0.2, 0.25) is 0 Å². The molecule has 9 nitrogen and oxygen atoms in total. The van der Waals surface area contributed by atoms with Gasteiger partial charge < -0.3 is 24.3 Å². The Hall–Kier alpha value is -4.79. The van der Waals surface area contributed by atoms with E-state index in [4.69, 9.17) is 18.9 Å². The van der Waals surface area contributed by atoms with E-state index in [1.165, 1.54) is 20.4 Å². The van der Waals surface area contributed by atoms with E-state index in [2.05, 4.69) is 22.4 Å². The number of carbonyl (C=O) groups excluding carboxylic acids is 2. The van der Waals surface area contributed by atoms with Crippen LogP contribution in [-0.4, -0.2) is 45.5 Å². The highest BCUT2D eigenvalue weighted by molar-refractivity contribution is 5.95. The van der Waals surface area contributed by atoms with Gasteiger partial charge in [0, 0.05) is 11.3 Å². The lowest BCUT2D eigenvalue weighted by molar-refractivity contribution is -0.118. The average molecular weight is 490 g/mol. The van der Waals surface area contributed by atoms with E-state index in [-0.39, 0.29) is 12.5 Å². The molecule has 186 valence electrons. The smallest absolute Gasteiger partial charge is 0.271 e. The van der Waals surface area contributed by atoms with Crippen molar-refractivity contribution in [1.29, 1.82) is 0 Å². The molecule has 0 saturated heterocycles. The number of carbonyl (C=O) groups is 2. The Kier molecular flexibility index (Phi) is 9.46. The number of methoxy groups -OCH3 is 2. The van der Waals surface area contributed by atoms with Crippen LogP contribution < -0.4 is 29.7 Å². The molecule has 0 atom stereocenters. The summed E-state index contributed by atoms with van der Waals surface area (Å²) in [6.45, 7) is 3.74. The second-order valence-corrected chi connectivity index (χ2v) is 7.28. The molecule has 2 N–H and O–H groups in total. The Morgan fingerprint density at radius 3 is 2.31 bits per heavy atom. The van der Waals surface area contributed by atoms with E-state index in [1.807, 2.05) is 18.2 Å². The first-order valence-corrected chi connectivity index (χ1v) is 10.9. The number of benzene rings is 3. The second-order valence-electron chi connectivity index (χ2n) is 7.28. The monoisotopic (exact) mass is 489 g/mol. The number of nitrogens with one attached hydrogen (secondary N) is 2. The number of hydrazone groups is 1. The molecule has 3 aromatic rings. The van der Waals surface area contributed by atoms with Crippen LogP contribution in [0.1, 0.15) is 15.9 Å². The molecular weight excluding hydrogens is 462 g/mol. The first-order chi connectivity index (χ1) is 17.5. The minimum absolute atomic E-state index is 0.185. The Morgan fingerprint density at radius 2 is 1.58 bits per heavy atom. The normalized spacial score (nSPS) is 10.4. The number of anilines is 1. The van der Waals surface area contributed by atoms with Crippen molar-refractivity contribution in [3.05, 3.63) is 90.5 Å². The van der Waals surface area contributed by atoms with Gasteiger partial charge in [0.2, 0.25) is 0 Å². The summed E-state index contributed by atoms with van der Waals surface area (Å²) in [7, 11) is 2.98. The molecule has 0 aliphatic rings. The van der Waals surface area contributed by atoms with Crippen molar-refractivity contribution in [3.63, 3.8) is 0 Å². The summed E-state index contributed by atoms with van der Waals surface area (Å²) in [6, 6.07) is 19.0. The maximum absolute atomic E-state index is 12.5. The Bertz CT molecular complexity index is 1230. The molecular formula is C27H27N3O6. The summed E-state index contributed by atoms with van der Waals surface area (Å²) < 4.78 is 21.7. The topological polar surface area (TPSA) is 107 Å². The minimum Gasteiger partial charge on any atom is -0.493 e. The molecule has 3 rings (SSSR count). The molecule has 0 radical (unpaired) electrons. The highest BCUT2D eigenvalue weighted by atomic mass is 16.5. The molecule has 9 heteroatoms. The van der Waals surface area contributed by atoms with Crippen molar-refractivity contribution in [2.45, 2.75) is 0 Å². The molecule has 0 heterocycles. The highest BCUT2D eigenvalue weighted by Crippen LogP contribution is 2.29. The van der Waals surface area contributed by atoms with Crippen molar-refractivity contribution in [2.24, 2.45) is 5.10 Å². The number of hydrogen-bond donors (Lipinski definition) is 2. The highest BCUT2D eigenvalue weighted by Gasteiger charge is 2.11. The average Bonchev–Trinajstić information content (AvgIpc) is 2.91. The summed E-state index contributed by atoms with van der Waals surface area (Å²) in [5.74, 6) is 1.02. The van der Waals surface area contributed by atoms with Crippen LogP contribution in [0.4, 0.5) is 5.69 Å². The van der Waals surface area contributed by atoms with E-state index in [9.17, 15) is 9.59 Å². The lowest BCUT2D eigenvalue weighted by Crippen LogP contribution is -2.20. The molecule has 0 saturated carbocycles. The summed E-state index contributed by atoms with van der Waals surface area (Å²) in [5, 5.41) is 6.75. The van der Waals surface area contributed by atoms with Crippen LogP contribution in [0, 0.1) is 0 Å². The molecule has 3 aromatic carbocycles. The quantitative estimate of drug-likeness (QED) is 0.226. The first kappa shape index (κ1) is 25.8. The van der Waals surface area contributed by atoms with Crippen molar-refractivity contribution >= 4 is 23.7 Å². The van der Waals surface area contributed by atoms with E-state index < -0.39 is 5.91 Å². The maximum Gasteiger partial charge on any atom is 0.271 e. The molecule has 0 aromatic heterocycles. The van der Waals surface area contributed by atoms with Crippen LogP contribution in [0.15, 0.2) is 84.5 Å². The minimum atomic E-state index is -0.420. The third kappa shape index (κ3) is 7.36. The number of para-hydroxylation sites is 1. The molecule has 2 amide bonds. The SMILES string of the molecule is C=CCOc1ccc(C(=O)N/N=C/c2ccc(OCC(=O)Nc3ccccc3)c(OC)c2)cc1OC. The third-order valence-corrected chi connectivity index (χ3v) is 4.77. The first-order valence-electron chi connectivity index (χ1n) is 10.9. The summed E-state index contributed by atoms with van der Waals surface area (Å²) in [6.07, 6.45) is 3.08. The largest absolute Gasteiger partial charge is 0.493 e.